The van der Waals surface area contributed by atoms with Crippen LogP contribution in [0.3, 0.4) is 0 Å². The number of rotatable bonds is 21. The van der Waals surface area contributed by atoms with Crippen LogP contribution in [0.1, 0.15) is 18.1 Å². The zero-order valence-electron chi connectivity index (χ0n) is 48.5. The third kappa shape index (κ3) is 15.1. The molecular weight excluding hydrogens is 1240 g/mol. The molecule has 1 aromatic heterocycles. The minimum Gasteiger partial charge on any atom is -0.507 e. The predicted octanol–water partition coefficient (Wildman–Crippen LogP) is -2.23. The van der Waals surface area contributed by atoms with Gasteiger partial charge in [-0.2, -0.15) is 0 Å². The molecule has 0 spiro atoms. The van der Waals surface area contributed by atoms with Crippen LogP contribution < -0.4 is 23.7 Å². The Labute approximate surface area is 519 Å². The molecule has 0 bridgehead atoms. The van der Waals surface area contributed by atoms with Gasteiger partial charge in [-0.1, -0.05) is 12.1 Å². The fourth-order valence-corrected chi connectivity index (χ4v) is 9.94. The van der Waals surface area contributed by atoms with Crippen LogP contribution in [0.25, 0.3) is 34.4 Å². The maximum Gasteiger partial charge on any atom is 0.402 e. The molecular formula is C59H67O33+. The molecule has 17 N–H and O–H groups in total. The van der Waals surface area contributed by atoms with E-state index in [4.69, 9.17) is 66.3 Å². The number of ether oxygens (including phenoxy) is 11. The quantitative estimate of drug-likeness (QED) is 0.00923. The molecule has 92 heavy (non-hydrogen) atoms. The molecule has 0 radical (unpaired) electrons. The summed E-state index contributed by atoms with van der Waals surface area (Å²) in [6.45, 7) is -0.909. The van der Waals surface area contributed by atoms with E-state index in [-0.39, 0.29) is 62.4 Å². The van der Waals surface area contributed by atoms with Crippen molar-refractivity contribution in [2.75, 3.05) is 34.0 Å². The van der Waals surface area contributed by atoms with E-state index < -0.39 is 178 Å². The SMILES string of the molecule is COc1cc(-c2[o+]c3cc(O)cc(O[C@@H]4O[C@H](CO)[C@@H](O)[C@H](O)[C@H]4O)c3cc2O[C@@H]2O[C@H](COO[C@@H]3O[C@@H](C)[C@H](OC(=O)/C=C/c4ccc(O[C@@H]5O[C@H](COC(=O)C=Cc6ccc(O)c(O)c6)[C@@H](O)[C@H](O)[C@H]5O)c(O)c4)[C@@H](O)[C@H]3O)[C@@H](O)[C@H](O)[C@H]2O)cc(OC)c1O. The molecule has 500 valence electrons. The molecule has 33 nitrogen and oxygen atoms in total. The van der Waals surface area contributed by atoms with Crippen LogP contribution in [-0.4, -0.2) is 256 Å². The van der Waals surface area contributed by atoms with Crippen molar-refractivity contribution in [1.82, 2.24) is 0 Å². The highest BCUT2D eigenvalue weighted by molar-refractivity contribution is 5.90. The Morgan fingerprint density at radius 1 is 0.511 bits per heavy atom. The average molecular weight is 1300 g/mol. The molecule has 4 aliphatic heterocycles. The fraction of sp³-hybridized carbons (Fsp3) is 0.441. The Balaban J connectivity index is 0.812. The molecule has 5 aromatic rings. The average Bonchev–Trinajstić information content (AvgIpc) is 0.783. The monoisotopic (exact) mass is 1300 g/mol. The van der Waals surface area contributed by atoms with Gasteiger partial charge in [0.15, 0.2) is 40.6 Å². The molecule has 4 aromatic carbocycles. The van der Waals surface area contributed by atoms with Crippen LogP contribution in [0.5, 0.6) is 57.5 Å². The smallest absolute Gasteiger partial charge is 0.402 e. The van der Waals surface area contributed by atoms with Gasteiger partial charge in [0.1, 0.15) is 116 Å². The number of hydrogen-bond donors (Lipinski definition) is 17. The third-order valence-corrected chi connectivity index (χ3v) is 15.1. The number of esters is 2. The molecule has 4 aliphatic rings. The first-order valence-electron chi connectivity index (χ1n) is 28.0. The second-order valence-electron chi connectivity index (χ2n) is 21.4. The van der Waals surface area contributed by atoms with Crippen LogP contribution in [-0.2, 0) is 47.8 Å². The summed E-state index contributed by atoms with van der Waals surface area (Å²) in [5.41, 5.74) is 0.398. The van der Waals surface area contributed by atoms with E-state index in [2.05, 4.69) is 0 Å². The highest BCUT2D eigenvalue weighted by Crippen LogP contribution is 2.47. The number of aromatic hydroxyl groups is 5. The second kappa shape index (κ2) is 29.3. The largest absolute Gasteiger partial charge is 0.507 e. The molecule has 4 fully saturated rings. The Hall–Kier alpha value is -8.01. The van der Waals surface area contributed by atoms with Crippen molar-refractivity contribution >= 4 is 35.1 Å². The topological polar surface area (TPSA) is 509 Å². The van der Waals surface area contributed by atoms with E-state index in [1.54, 1.807) is 0 Å². The first-order valence-corrected chi connectivity index (χ1v) is 28.0. The number of carbonyl (C=O) groups excluding carboxylic acids is 2. The minimum absolute atomic E-state index is 0.0565. The number of fused-ring (bicyclic) bond motifs is 1. The predicted molar refractivity (Wildman–Crippen MR) is 302 cm³/mol. The number of carbonyl (C=O) groups is 2. The van der Waals surface area contributed by atoms with Gasteiger partial charge in [-0.25, -0.2) is 23.8 Å². The summed E-state index contributed by atoms with van der Waals surface area (Å²) in [6, 6.07) is 13.4. The van der Waals surface area contributed by atoms with Crippen molar-refractivity contribution in [2.45, 2.75) is 130 Å². The molecule has 5 heterocycles. The van der Waals surface area contributed by atoms with Crippen molar-refractivity contribution < 1.29 is 163 Å². The van der Waals surface area contributed by atoms with Gasteiger partial charge in [0.2, 0.25) is 36.7 Å². The van der Waals surface area contributed by atoms with Gasteiger partial charge in [-0.3, -0.25) is 0 Å². The van der Waals surface area contributed by atoms with E-state index >= 15 is 0 Å². The van der Waals surface area contributed by atoms with E-state index in [1.807, 2.05) is 0 Å². The summed E-state index contributed by atoms with van der Waals surface area (Å²) in [6.07, 6.45) is -31.1. The van der Waals surface area contributed by atoms with Crippen molar-refractivity contribution in [3.8, 4) is 68.8 Å². The molecule has 0 unspecified atom stereocenters. The van der Waals surface area contributed by atoms with Crippen LogP contribution >= 0.6 is 0 Å². The van der Waals surface area contributed by atoms with Gasteiger partial charge in [0, 0.05) is 36.4 Å². The summed E-state index contributed by atoms with van der Waals surface area (Å²) < 4.78 is 67.6. The Bertz CT molecular complexity index is 3430. The third-order valence-electron chi connectivity index (χ3n) is 15.1. The number of aliphatic hydroxyl groups excluding tert-OH is 12. The van der Waals surface area contributed by atoms with Gasteiger partial charge >= 0.3 is 23.3 Å². The van der Waals surface area contributed by atoms with E-state index in [1.165, 1.54) is 81.8 Å². The number of hydrogen-bond acceptors (Lipinski definition) is 32. The zero-order chi connectivity index (χ0) is 66.6. The molecule has 0 saturated carbocycles. The van der Waals surface area contributed by atoms with E-state index in [9.17, 15) is 96.4 Å². The highest BCUT2D eigenvalue weighted by atomic mass is 17.2. The molecule has 0 aliphatic carbocycles. The van der Waals surface area contributed by atoms with E-state index in [0.29, 0.717) is 5.56 Å². The highest BCUT2D eigenvalue weighted by Gasteiger charge is 2.50. The van der Waals surface area contributed by atoms with Crippen LogP contribution in [0, 0.1) is 0 Å². The lowest BCUT2D eigenvalue weighted by Crippen LogP contribution is -2.60. The van der Waals surface area contributed by atoms with Gasteiger partial charge < -0.3 is 139 Å². The Morgan fingerprint density at radius 2 is 1.03 bits per heavy atom. The molecule has 4 saturated heterocycles. The standard InChI is InChI=1S/C59H66O33/c1-22-54(91-41(66)11-7-24-5-9-31(30(64)13-24)85-56-51(76)47(72)44(69)38(89-56)20-81-40(65)10-6-23-4-8-28(62)29(63)12-23)49(74)53(78)59(83-22)92-82-21-39-45(70)48(73)52(77)58(90-39)87-36-18-27-32(84-55(36)25-14-34(79-2)42(67)35(15-25)80-3)16-26(61)17-33(27)86-57-50(75)46(71)43(68)37(19-60)88-57/h4-18,22,37-39,43-54,56-60,68-78H,19-21H2,1-3H3,(H4-,61,62,63,64,65,67)/p+1/b11-7+/t22-,37+,38+,39+,43+,44+,45+,46-,47-,48-,49-,50+,51+,52+,53+,54-,56+,57+,58+,59-/m0/s1. The summed E-state index contributed by atoms with van der Waals surface area (Å²) in [7, 11) is 2.48. The van der Waals surface area contributed by atoms with E-state index in [0.717, 1.165) is 30.4 Å². The molecule has 9 rings (SSSR count). The number of methoxy groups -OCH3 is 2. The first kappa shape index (κ1) is 68.4. The number of phenols is 5. The maximum atomic E-state index is 13.1. The van der Waals surface area contributed by atoms with Crippen LogP contribution in [0.2, 0.25) is 0 Å². The van der Waals surface area contributed by atoms with Crippen molar-refractivity contribution in [3.05, 3.63) is 90.0 Å². The van der Waals surface area contributed by atoms with Crippen molar-refractivity contribution in [3.63, 3.8) is 0 Å². The lowest BCUT2D eigenvalue weighted by Gasteiger charge is -2.41. The lowest BCUT2D eigenvalue weighted by molar-refractivity contribution is -0.432. The maximum absolute atomic E-state index is 13.1. The summed E-state index contributed by atoms with van der Waals surface area (Å²) >= 11 is 0. The number of aliphatic hydroxyl groups is 12. The molecule has 20 atom stereocenters. The summed E-state index contributed by atoms with van der Waals surface area (Å²) in [5.74, 6) is -5.75. The fourth-order valence-electron chi connectivity index (χ4n) is 9.94. The second-order valence-corrected chi connectivity index (χ2v) is 21.4. The molecule has 0 amide bonds. The molecule has 33 heteroatoms. The first-order chi connectivity index (χ1) is 43.8. The van der Waals surface area contributed by atoms with Gasteiger partial charge in [0.05, 0.1) is 38.6 Å². The number of benzene rings is 4. The number of phenolic OH excluding ortho intramolecular Hbond substituents is 5. The Kier molecular flexibility index (Phi) is 21.8. The lowest BCUT2D eigenvalue weighted by atomic mass is 9.99. The van der Waals surface area contributed by atoms with Gasteiger partial charge in [0.25, 0.3) is 0 Å². The van der Waals surface area contributed by atoms with Gasteiger partial charge in [-0.15, -0.1) is 0 Å². The minimum atomic E-state index is -2.05. The zero-order valence-corrected chi connectivity index (χ0v) is 48.5. The van der Waals surface area contributed by atoms with Crippen LogP contribution in [0.4, 0.5) is 0 Å². The van der Waals surface area contributed by atoms with Gasteiger partial charge in [-0.05, 0) is 54.5 Å². The van der Waals surface area contributed by atoms with Crippen molar-refractivity contribution in [1.29, 1.82) is 0 Å². The van der Waals surface area contributed by atoms with Crippen LogP contribution in [0.15, 0.2) is 83.3 Å². The van der Waals surface area contributed by atoms with Crippen molar-refractivity contribution in [2.24, 2.45) is 0 Å². The summed E-state index contributed by atoms with van der Waals surface area (Å²) in [5, 5.41) is 180. The Morgan fingerprint density at radius 3 is 1.61 bits per heavy atom. The summed E-state index contributed by atoms with van der Waals surface area (Å²) in [4.78, 5) is 36.0. The normalized spacial score (nSPS) is 31.7.